The van der Waals surface area contributed by atoms with Crippen LogP contribution < -0.4 is 5.32 Å². The van der Waals surface area contributed by atoms with Crippen LogP contribution in [0.1, 0.15) is 32.5 Å². The smallest absolute Gasteiger partial charge is 0.125 e. The lowest BCUT2D eigenvalue weighted by molar-refractivity contribution is 0.458. The summed E-state index contributed by atoms with van der Waals surface area (Å²) in [6, 6.07) is 4.88. The maximum absolute atomic E-state index is 13.5. The van der Waals surface area contributed by atoms with Gasteiger partial charge in [0.25, 0.3) is 0 Å². The molecule has 1 fully saturated rings. The second kappa shape index (κ2) is 4.60. The third-order valence-electron chi connectivity index (χ3n) is 4.07. The summed E-state index contributed by atoms with van der Waals surface area (Å²) in [7, 11) is 0. The molecule has 0 spiro atoms. The second-order valence-corrected chi connectivity index (χ2v) is 5.71. The van der Waals surface area contributed by atoms with Crippen molar-refractivity contribution in [1.29, 1.82) is 0 Å². The molecule has 0 radical (unpaired) electrons. The van der Waals surface area contributed by atoms with Crippen molar-refractivity contribution in [1.82, 2.24) is 14.9 Å². The predicted molar refractivity (Wildman–Crippen MR) is 74.8 cm³/mol. The molecule has 1 aromatic carbocycles. The minimum Gasteiger partial charge on any atom is -0.327 e. The molecule has 1 aliphatic heterocycles. The van der Waals surface area contributed by atoms with Gasteiger partial charge >= 0.3 is 0 Å². The summed E-state index contributed by atoms with van der Waals surface area (Å²) < 4.78 is 15.7. The first-order valence-corrected chi connectivity index (χ1v) is 7.01. The molecule has 0 saturated carbocycles. The van der Waals surface area contributed by atoms with Crippen molar-refractivity contribution in [3.8, 4) is 0 Å². The number of imidazole rings is 1. The number of aryl methyl sites for hydroxylation is 1. The van der Waals surface area contributed by atoms with Gasteiger partial charge in [-0.25, -0.2) is 9.37 Å². The van der Waals surface area contributed by atoms with Crippen LogP contribution in [0, 0.1) is 5.82 Å². The summed E-state index contributed by atoms with van der Waals surface area (Å²) in [6.07, 6.45) is 2.11. The molecular formula is C15H20FN3. The lowest BCUT2D eigenvalue weighted by atomic mass is 9.88. The molecular weight excluding hydrogens is 241 g/mol. The second-order valence-electron chi connectivity index (χ2n) is 5.71. The molecule has 1 aromatic heterocycles. The van der Waals surface area contributed by atoms with Gasteiger partial charge in [-0.2, -0.15) is 0 Å². The van der Waals surface area contributed by atoms with Crippen LogP contribution in [0.15, 0.2) is 18.2 Å². The highest BCUT2D eigenvalue weighted by atomic mass is 19.1. The summed E-state index contributed by atoms with van der Waals surface area (Å²) >= 11 is 0. The van der Waals surface area contributed by atoms with E-state index in [1.807, 2.05) is 0 Å². The number of halogens is 1. The summed E-state index contributed by atoms with van der Waals surface area (Å²) in [6.45, 7) is 7.26. The Kier molecular flexibility index (Phi) is 3.05. The molecule has 1 saturated heterocycles. The van der Waals surface area contributed by atoms with Crippen molar-refractivity contribution in [3.05, 3.63) is 29.8 Å². The Morgan fingerprint density at radius 2 is 2.32 bits per heavy atom. The number of nitrogens with one attached hydrogen (secondary N) is 1. The van der Waals surface area contributed by atoms with E-state index in [1.165, 1.54) is 6.07 Å². The molecule has 0 bridgehead atoms. The molecule has 0 aliphatic carbocycles. The molecule has 1 N–H and O–H groups in total. The van der Waals surface area contributed by atoms with Gasteiger partial charge in [0.05, 0.1) is 11.0 Å². The maximum atomic E-state index is 13.5. The zero-order chi connectivity index (χ0) is 13.5. The van der Waals surface area contributed by atoms with E-state index in [9.17, 15) is 4.39 Å². The quantitative estimate of drug-likeness (QED) is 0.920. The number of hydrogen-bond donors (Lipinski definition) is 1. The minimum atomic E-state index is -0.189. The fourth-order valence-electron chi connectivity index (χ4n) is 3.01. The van der Waals surface area contributed by atoms with Crippen LogP contribution in [0.5, 0.6) is 0 Å². The Labute approximate surface area is 112 Å². The van der Waals surface area contributed by atoms with Gasteiger partial charge in [0.15, 0.2) is 0 Å². The molecule has 4 heteroatoms. The first kappa shape index (κ1) is 12.6. The van der Waals surface area contributed by atoms with Crippen LogP contribution in [-0.2, 0) is 12.0 Å². The highest BCUT2D eigenvalue weighted by molar-refractivity contribution is 5.76. The SMILES string of the molecule is CCCn1c(C2(C)CCNC2)nc2ccc(F)cc21. The first-order valence-electron chi connectivity index (χ1n) is 7.01. The van der Waals surface area contributed by atoms with Crippen LogP contribution in [-0.4, -0.2) is 22.6 Å². The Morgan fingerprint density at radius 1 is 1.47 bits per heavy atom. The number of fused-ring (bicyclic) bond motifs is 1. The molecule has 19 heavy (non-hydrogen) atoms. The number of nitrogens with zero attached hydrogens (tertiary/aromatic N) is 2. The van der Waals surface area contributed by atoms with Crippen LogP contribution in [0.3, 0.4) is 0 Å². The van der Waals surface area contributed by atoms with Crippen molar-refractivity contribution >= 4 is 11.0 Å². The van der Waals surface area contributed by atoms with Crippen molar-refractivity contribution in [2.24, 2.45) is 0 Å². The van der Waals surface area contributed by atoms with E-state index in [1.54, 1.807) is 12.1 Å². The monoisotopic (exact) mass is 261 g/mol. The Balaban J connectivity index is 2.20. The Morgan fingerprint density at radius 3 is 3.00 bits per heavy atom. The third-order valence-corrected chi connectivity index (χ3v) is 4.07. The average Bonchev–Trinajstić information content (AvgIpc) is 2.96. The third kappa shape index (κ3) is 2.04. The summed E-state index contributed by atoms with van der Waals surface area (Å²) in [5.74, 6) is 0.908. The van der Waals surface area contributed by atoms with Crippen LogP contribution in [0.4, 0.5) is 4.39 Å². The van der Waals surface area contributed by atoms with E-state index in [2.05, 4.69) is 23.7 Å². The molecule has 0 amide bonds. The summed E-state index contributed by atoms with van der Waals surface area (Å²) in [5, 5.41) is 3.41. The van der Waals surface area contributed by atoms with Gasteiger partial charge in [-0.15, -0.1) is 0 Å². The van der Waals surface area contributed by atoms with E-state index in [-0.39, 0.29) is 11.2 Å². The number of benzene rings is 1. The van der Waals surface area contributed by atoms with Gasteiger partial charge in [0.2, 0.25) is 0 Å². The van der Waals surface area contributed by atoms with Gasteiger partial charge in [0, 0.05) is 18.5 Å². The number of hydrogen-bond acceptors (Lipinski definition) is 2. The van der Waals surface area contributed by atoms with E-state index >= 15 is 0 Å². The molecule has 2 heterocycles. The normalized spacial score (nSPS) is 23.3. The fourth-order valence-corrected chi connectivity index (χ4v) is 3.01. The minimum absolute atomic E-state index is 0.0602. The van der Waals surface area contributed by atoms with Gasteiger partial charge in [-0.1, -0.05) is 13.8 Å². The van der Waals surface area contributed by atoms with Crippen LogP contribution in [0.25, 0.3) is 11.0 Å². The van der Waals surface area contributed by atoms with Crippen molar-refractivity contribution < 1.29 is 4.39 Å². The van der Waals surface area contributed by atoms with E-state index < -0.39 is 0 Å². The number of rotatable bonds is 3. The largest absolute Gasteiger partial charge is 0.327 e. The van der Waals surface area contributed by atoms with Crippen LogP contribution in [0.2, 0.25) is 0 Å². The zero-order valence-electron chi connectivity index (χ0n) is 11.5. The van der Waals surface area contributed by atoms with E-state index in [4.69, 9.17) is 4.98 Å². The van der Waals surface area contributed by atoms with Gasteiger partial charge in [-0.05, 0) is 37.6 Å². The zero-order valence-corrected chi connectivity index (χ0v) is 11.5. The summed E-state index contributed by atoms with van der Waals surface area (Å²) in [5.41, 5.74) is 1.88. The highest BCUT2D eigenvalue weighted by Crippen LogP contribution is 2.32. The van der Waals surface area contributed by atoms with Crippen molar-refractivity contribution in [3.63, 3.8) is 0 Å². The lowest BCUT2D eigenvalue weighted by Gasteiger charge is -2.23. The molecule has 1 aliphatic rings. The molecule has 102 valence electrons. The molecule has 3 rings (SSSR count). The van der Waals surface area contributed by atoms with E-state index in [0.29, 0.717) is 0 Å². The molecule has 2 aromatic rings. The fraction of sp³-hybridized carbons (Fsp3) is 0.533. The lowest BCUT2D eigenvalue weighted by Crippen LogP contribution is -2.29. The van der Waals surface area contributed by atoms with Gasteiger partial charge in [0.1, 0.15) is 11.6 Å². The summed E-state index contributed by atoms with van der Waals surface area (Å²) in [4.78, 5) is 4.78. The average molecular weight is 261 g/mol. The number of aromatic nitrogens is 2. The van der Waals surface area contributed by atoms with Gasteiger partial charge in [-0.3, -0.25) is 0 Å². The molecule has 1 atom stereocenters. The van der Waals surface area contributed by atoms with Crippen LogP contribution >= 0.6 is 0 Å². The van der Waals surface area contributed by atoms with Crippen molar-refractivity contribution in [2.75, 3.05) is 13.1 Å². The van der Waals surface area contributed by atoms with Crippen molar-refractivity contribution in [2.45, 2.75) is 38.6 Å². The maximum Gasteiger partial charge on any atom is 0.125 e. The molecule has 1 unspecified atom stereocenters. The Hall–Kier alpha value is -1.42. The predicted octanol–water partition coefficient (Wildman–Crippen LogP) is 2.84. The molecule has 3 nitrogen and oxygen atoms in total. The Bertz CT molecular complexity index is 597. The topological polar surface area (TPSA) is 29.9 Å². The van der Waals surface area contributed by atoms with Gasteiger partial charge < -0.3 is 9.88 Å². The van der Waals surface area contributed by atoms with E-state index in [0.717, 1.165) is 49.3 Å². The standard InChI is InChI=1S/C15H20FN3/c1-3-8-19-13-9-11(16)4-5-12(13)18-14(19)15(2)6-7-17-10-15/h4-5,9,17H,3,6-8,10H2,1-2H3. The first-order chi connectivity index (χ1) is 9.14. The highest BCUT2D eigenvalue weighted by Gasteiger charge is 2.35.